The second-order valence-corrected chi connectivity index (χ2v) is 9.05. The largest absolute Gasteiger partial charge is 0.326 e. The Labute approximate surface area is 181 Å². The van der Waals surface area contributed by atoms with Gasteiger partial charge in [-0.3, -0.25) is 9.52 Å². The van der Waals surface area contributed by atoms with Gasteiger partial charge in [-0.05, 0) is 56.5 Å². The molecule has 31 heavy (non-hydrogen) atoms. The molecule has 0 bridgehead atoms. The molecule has 9 nitrogen and oxygen atoms in total. The Bertz CT molecular complexity index is 1260. The minimum atomic E-state index is -3.35. The van der Waals surface area contributed by atoms with Crippen LogP contribution in [-0.4, -0.2) is 34.7 Å². The summed E-state index contributed by atoms with van der Waals surface area (Å²) in [5, 5.41) is 16.2. The summed E-state index contributed by atoms with van der Waals surface area (Å²) in [6.45, 7) is 5.54. The summed E-state index contributed by atoms with van der Waals surface area (Å²) in [7, 11) is -3.35. The topological polar surface area (TPSA) is 129 Å². The van der Waals surface area contributed by atoms with E-state index in [0.29, 0.717) is 35.4 Å². The zero-order valence-corrected chi connectivity index (χ0v) is 18.5. The molecule has 0 spiro atoms. The highest BCUT2D eigenvalue weighted by Gasteiger charge is 2.15. The number of carbonyl (C=O) groups excluding carboxylic acids is 1. The maximum absolute atomic E-state index is 12.4. The van der Waals surface area contributed by atoms with E-state index in [-0.39, 0.29) is 18.1 Å². The fraction of sp³-hybridized carbons (Fsp3) is 0.333. The fourth-order valence-corrected chi connectivity index (χ4v) is 4.47. The van der Waals surface area contributed by atoms with Gasteiger partial charge in [-0.1, -0.05) is 6.92 Å². The molecule has 10 heteroatoms. The average molecular weight is 441 g/mol. The molecule has 0 saturated carbocycles. The highest BCUT2D eigenvalue weighted by Crippen LogP contribution is 2.19. The molecule has 3 aromatic rings. The Morgan fingerprint density at radius 2 is 1.87 bits per heavy atom. The van der Waals surface area contributed by atoms with Crippen LogP contribution in [-0.2, 0) is 21.2 Å². The van der Waals surface area contributed by atoms with Gasteiger partial charge in [0, 0.05) is 29.2 Å². The second-order valence-electron chi connectivity index (χ2n) is 7.21. The van der Waals surface area contributed by atoms with Gasteiger partial charge in [0.25, 0.3) is 0 Å². The van der Waals surface area contributed by atoms with Gasteiger partial charge < -0.3 is 5.32 Å². The summed E-state index contributed by atoms with van der Waals surface area (Å²) < 4.78 is 27.8. The van der Waals surface area contributed by atoms with Crippen molar-refractivity contribution in [1.82, 2.24) is 14.6 Å². The van der Waals surface area contributed by atoms with Crippen molar-refractivity contribution >= 4 is 33.0 Å². The van der Waals surface area contributed by atoms with Gasteiger partial charge in [-0.2, -0.15) is 10.4 Å². The van der Waals surface area contributed by atoms with Crippen LogP contribution in [0.2, 0.25) is 0 Å². The number of benzene rings is 1. The van der Waals surface area contributed by atoms with E-state index in [2.05, 4.69) is 26.2 Å². The molecule has 1 amide bonds. The summed E-state index contributed by atoms with van der Waals surface area (Å²) >= 11 is 0. The third-order valence-corrected chi connectivity index (χ3v) is 6.34. The van der Waals surface area contributed by atoms with E-state index in [1.54, 1.807) is 35.7 Å². The van der Waals surface area contributed by atoms with E-state index < -0.39 is 10.0 Å². The number of hydrogen-bond donors (Lipinski definition) is 2. The first kappa shape index (κ1) is 22.2. The Kier molecular flexibility index (Phi) is 6.56. The van der Waals surface area contributed by atoms with E-state index in [0.717, 1.165) is 17.0 Å². The monoisotopic (exact) mass is 440 g/mol. The quantitative estimate of drug-likeness (QED) is 0.554. The number of anilines is 2. The zero-order chi connectivity index (χ0) is 22.6. The standard InChI is InChI=1S/C21H24N6O3S/c1-4-11-31(29,30)26-18-7-5-17(6-8-18)25-20(28)10-9-19-14(2)24-21-16(12-22)13-23-27(21)15(19)3/h5-8,13,26H,4,9-11H2,1-3H3,(H,25,28). The van der Waals surface area contributed by atoms with E-state index in [1.165, 1.54) is 6.20 Å². The van der Waals surface area contributed by atoms with Crippen LogP contribution in [0.5, 0.6) is 0 Å². The van der Waals surface area contributed by atoms with Crippen LogP contribution in [0.15, 0.2) is 30.5 Å². The number of fused-ring (bicyclic) bond motifs is 1. The molecule has 162 valence electrons. The number of sulfonamides is 1. The summed E-state index contributed by atoms with van der Waals surface area (Å²) in [6.07, 6.45) is 2.73. The van der Waals surface area contributed by atoms with E-state index in [4.69, 9.17) is 5.26 Å². The number of rotatable bonds is 8. The van der Waals surface area contributed by atoms with Crippen LogP contribution in [0.3, 0.4) is 0 Å². The van der Waals surface area contributed by atoms with Crippen LogP contribution in [0.4, 0.5) is 11.4 Å². The summed E-state index contributed by atoms with van der Waals surface area (Å²) in [4.78, 5) is 16.9. The molecule has 0 aliphatic carbocycles. The van der Waals surface area contributed by atoms with Crippen LogP contribution in [0.25, 0.3) is 5.65 Å². The molecule has 0 radical (unpaired) electrons. The lowest BCUT2D eigenvalue weighted by Gasteiger charge is -2.12. The third kappa shape index (κ3) is 5.19. The molecule has 0 fully saturated rings. The predicted molar refractivity (Wildman–Crippen MR) is 118 cm³/mol. The number of aryl methyl sites for hydroxylation is 2. The van der Waals surface area contributed by atoms with E-state index in [1.807, 2.05) is 13.8 Å². The van der Waals surface area contributed by atoms with Crippen LogP contribution >= 0.6 is 0 Å². The average Bonchev–Trinajstić information content (AvgIpc) is 3.12. The highest BCUT2D eigenvalue weighted by molar-refractivity contribution is 7.92. The van der Waals surface area contributed by atoms with Crippen molar-refractivity contribution < 1.29 is 13.2 Å². The highest BCUT2D eigenvalue weighted by atomic mass is 32.2. The van der Waals surface area contributed by atoms with Crippen molar-refractivity contribution in [3.8, 4) is 6.07 Å². The van der Waals surface area contributed by atoms with Gasteiger partial charge in [-0.15, -0.1) is 0 Å². The Balaban J connectivity index is 1.64. The smallest absolute Gasteiger partial charge is 0.232 e. The van der Waals surface area contributed by atoms with Gasteiger partial charge in [0.1, 0.15) is 11.6 Å². The molecule has 2 N–H and O–H groups in total. The van der Waals surface area contributed by atoms with Crippen molar-refractivity contribution in [2.75, 3.05) is 15.8 Å². The molecule has 0 aliphatic rings. The molecule has 2 heterocycles. The van der Waals surface area contributed by atoms with Gasteiger partial charge in [0.05, 0.1) is 11.9 Å². The number of nitrogens with one attached hydrogen (secondary N) is 2. The Morgan fingerprint density at radius 1 is 1.19 bits per heavy atom. The molecular weight excluding hydrogens is 416 g/mol. The van der Waals surface area contributed by atoms with Crippen molar-refractivity contribution in [3.63, 3.8) is 0 Å². The van der Waals surface area contributed by atoms with Gasteiger partial charge >= 0.3 is 0 Å². The maximum atomic E-state index is 12.4. The summed E-state index contributed by atoms with van der Waals surface area (Å²) in [6, 6.07) is 8.60. The lowest BCUT2D eigenvalue weighted by molar-refractivity contribution is -0.116. The molecule has 0 aliphatic heterocycles. The maximum Gasteiger partial charge on any atom is 0.232 e. The number of carbonyl (C=O) groups is 1. The lowest BCUT2D eigenvalue weighted by atomic mass is 10.1. The molecule has 0 unspecified atom stereocenters. The molecule has 2 aromatic heterocycles. The molecule has 1 aromatic carbocycles. The Hall–Kier alpha value is -3.45. The number of nitriles is 1. The minimum Gasteiger partial charge on any atom is -0.326 e. The van der Waals surface area contributed by atoms with Crippen molar-refractivity contribution in [2.45, 2.75) is 40.0 Å². The molecule has 0 atom stereocenters. The van der Waals surface area contributed by atoms with Gasteiger partial charge in [-0.25, -0.2) is 17.9 Å². The Morgan fingerprint density at radius 3 is 2.52 bits per heavy atom. The predicted octanol–water partition coefficient (Wildman–Crippen LogP) is 2.94. The summed E-state index contributed by atoms with van der Waals surface area (Å²) in [5.41, 5.74) is 4.48. The first-order chi connectivity index (χ1) is 14.7. The number of amides is 1. The van der Waals surface area contributed by atoms with Gasteiger partial charge in [0.15, 0.2) is 5.65 Å². The van der Waals surface area contributed by atoms with Crippen LogP contribution in [0.1, 0.15) is 42.3 Å². The fourth-order valence-electron chi connectivity index (χ4n) is 3.33. The first-order valence-electron chi connectivity index (χ1n) is 9.88. The zero-order valence-electron chi connectivity index (χ0n) is 17.6. The second kappa shape index (κ2) is 9.14. The van der Waals surface area contributed by atoms with Crippen molar-refractivity contribution in [2.24, 2.45) is 0 Å². The van der Waals surface area contributed by atoms with E-state index in [9.17, 15) is 13.2 Å². The van der Waals surface area contributed by atoms with Crippen molar-refractivity contribution in [1.29, 1.82) is 5.26 Å². The molecular formula is C21H24N6O3S. The number of hydrogen-bond acceptors (Lipinski definition) is 6. The number of nitrogens with zero attached hydrogens (tertiary/aromatic N) is 4. The number of aromatic nitrogens is 3. The summed E-state index contributed by atoms with van der Waals surface area (Å²) in [5.74, 6) is -0.113. The molecule has 3 rings (SSSR count). The SMILES string of the molecule is CCCS(=O)(=O)Nc1ccc(NC(=O)CCc2c(C)nc3c(C#N)cnn3c2C)cc1. The normalized spacial score (nSPS) is 11.3. The van der Waals surface area contributed by atoms with Crippen LogP contribution < -0.4 is 10.0 Å². The van der Waals surface area contributed by atoms with E-state index >= 15 is 0 Å². The molecule has 0 saturated heterocycles. The minimum absolute atomic E-state index is 0.0569. The van der Waals surface area contributed by atoms with Gasteiger partial charge in [0.2, 0.25) is 15.9 Å². The third-order valence-electron chi connectivity index (χ3n) is 4.85. The first-order valence-corrected chi connectivity index (χ1v) is 11.5. The van der Waals surface area contributed by atoms with Crippen molar-refractivity contribution in [3.05, 3.63) is 53.0 Å². The lowest BCUT2D eigenvalue weighted by Crippen LogP contribution is -2.16. The van der Waals surface area contributed by atoms with Crippen LogP contribution in [0, 0.1) is 25.2 Å².